The van der Waals surface area contributed by atoms with Gasteiger partial charge in [-0.15, -0.1) is 0 Å². The van der Waals surface area contributed by atoms with Gasteiger partial charge in [-0.3, -0.25) is 0 Å². The molecule has 0 saturated carbocycles. The molecule has 0 aliphatic carbocycles. The van der Waals surface area contributed by atoms with Crippen LogP contribution in [0, 0.1) is 0 Å². The number of rotatable bonds is 3. The van der Waals surface area contributed by atoms with Crippen molar-refractivity contribution in [3.8, 4) is 0 Å². The molecule has 2 rings (SSSR count). The lowest BCUT2D eigenvalue weighted by molar-refractivity contribution is 0.0697. The highest BCUT2D eigenvalue weighted by Crippen LogP contribution is 2.21. The van der Waals surface area contributed by atoms with Gasteiger partial charge in [0.15, 0.2) is 0 Å². The second-order valence-corrected chi connectivity index (χ2v) is 4.04. The van der Waals surface area contributed by atoms with Gasteiger partial charge in [-0.25, -0.2) is 9.78 Å². The maximum Gasteiger partial charge on any atom is 0.339 e. The van der Waals surface area contributed by atoms with Crippen molar-refractivity contribution in [3.63, 3.8) is 0 Å². The van der Waals surface area contributed by atoms with Gasteiger partial charge in [0, 0.05) is 10.7 Å². The Balaban J connectivity index is 2.34. The van der Waals surface area contributed by atoms with Crippen LogP contribution in [0.1, 0.15) is 10.4 Å². The number of aromatic nitrogens is 1. The van der Waals surface area contributed by atoms with E-state index in [0.29, 0.717) is 16.4 Å². The van der Waals surface area contributed by atoms with E-state index in [2.05, 4.69) is 10.3 Å². The lowest BCUT2D eigenvalue weighted by Gasteiger charge is -2.09. The number of nitrogens with one attached hydrogen (secondary N) is 1. The fourth-order valence-corrected chi connectivity index (χ4v) is 1.54. The first-order valence-corrected chi connectivity index (χ1v) is 5.45. The van der Waals surface area contributed by atoms with Crippen molar-refractivity contribution < 1.29 is 9.90 Å². The summed E-state index contributed by atoms with van der Waals surface area (Å²) in [5.41, 5.74) is 6.52. The van der Waals surface area contributed by atoms with Crippen molar-refractivity contribution in [2.75, 3.05) is 11.1 Å². The van der Waals surface area contributed by atoms with Crippen molar-refractivity contribution in [2.24, 2.45) is 0 Å². The summed E-state index contributed by atoms with van der Waals surface area (Å²) < 4.78 is 0. The number of halogens is 1. The lowest BCUT2D eigenvalue weighted by Crippen LogP contribution is -2.06. The summed E-state index contributed by atoms with van der Waals surface area (Å²) in [7, 11) is 0. The standard InChI is InChI=1S/C12H10ClN3O2/c13-7-1-3-9(4-2-7)16-11-10(12(17)18)5-8(14)6-15-11/h1-6H,14H2,(H,15,16)(H,17,18). The van der Waals surface area contributed by atoms with E-state index in [4.69, 9.17) is 22.4 Å². The molecule has 92 valence electrons. The fraction of sp³-hybridized carbons (Fsp3) is 0. The van der Waals surface area contributed by atoms with Gasteiger partial charge in [0.05, 0.1) is 11.9 Å². The van der Waals surface area contributed by atoms with Crippen LogP contribution in [0.4, 0.5) is 17.2 Å². The van der Waals surface area contributed by atoms with Crippen LogP contribution in [-0.2, 0) is 0 Å². The number of nitrogens with zero attached hydrogens (tertiary/aromatic N) is 1. The van der Waals surface area contributed by atoms with Gasteiger partial charge in [-0.05, 0) is 30.3 Å². The van der Waals surface area contributed by atoms with E-state index in [1.165, 1.54) is 12.3 Å². The Kier molecular flexibility index (Phi) is 3.34. The van der Waals surface area contributed by atoms with Crippen molar-refractivity contribution >= 4 is 34.8 Å². The Hall–Kier alpha value is -2.27. The smallest absolute Gasteiger partial charge is 0.339 e. The van der Waals surface area contributed by atoms with Crippen LogP contribution in [0.15, 0.2) is 36.5 Å². The molecular formula is C12H10ClN3O2. The molecule has 0 spiro atoms. The van der Waals surface area contributed by atoms with Crippen molar-refractivity contribution in [1.29, 1.82) is 0 Å². The molecular weight excluding hydrogens is 254 g/mol. The van der Waals surface area contributed by atoms with Gasteiger partial charge in [-0.2, -0.15) is 0 Å². The SMILES string of the molecule is Nc1cnc(Nc2ccc(Cl)cc2)c(C(=O)O)c1. The first-order chi connectivity index (χ1) is 8.56. The van der Waals surface area contributed by atoms with E-state index in [1.807, 2.05) is 0 Å². The number of pyridine rings is 1. The highest BCUT2D eigenvalue weighted by atomic mass is 35.5. The summed E-state index contributed by atoms with van der Waals surface area (Å²) in [6.07, 6.45) is 1.39. The fourth-order valence-electron chi connectivity index (χ4n) is 1.41. The first-order valence-electron chi connectivity index (χ1n) is 5.07. The molecule has 4 N–H and O–H groups in total. The van der Waals surface area contributed by atoms with Gasteiger partial charge in [0.1, 0.15) is 11.4 Å². The van der Waals surface area contributed by atoms with Crippen LogP contribution in [0.25, 0.3) is 0 Å². The molecule has 1 aromatic heterocycles. The number of carboxylic acid groups (broad SMARTS) is 1. The monoisotopic (exact) mass is 263 g/mol. The number of nitrogens with two attached hydrogens (primary N) is 1. The van der Waals surface area contributed by atoms with Gasteiger partial charge in [0.25, 0.3) is 0 Å². The Bertz CT molecular complexity index is 584. The van der Waals surface area contributed by atoms with E-state index in [9.17, 15) is 4.79 Å². The lowest BCUT2D eigenvalue weighted by atomic mass is 10.2. The molecule has 1 heterocycles. The topological polar surface area (TPSA) is 88.2 Å². The van der Waals surface area contributed by atoms with Crippen LogP contribution >= 0.6 is 11.6 Å². The predicted octanol–water partition coefficient (Wildman–Crippen LogP) is 2.76. The molecule has 0 radical (unpaired) electrons. The zero-order chi connectivity index (χ0) is 13.1. The number of nitrogen functional groups attached to an aromatic ring is 1. The summed E-state index contributed by atoms with van der Waals surface area (Å²) in [5.74, 6) is -0.856. The summed E-state index contributed by atoms with van der Waals surface area (Å²) >= 11 is 5.76. The third-order valence-electron chi connectivity index (χ3n) is 2.25. The summed E-state index contributed by atoms with van der Waals surface area (Å²) in [5, 5.41) is 12.6. The number of anilines is 3. The minimum Gasteiger partial charge on any atom is -0.478 e. The van der Waals surface area contributed by atoms with E-state index in [-0.39, 0.29) is 11.4 Å². The Morgan fingerprint density at radius 1 is 1.33 bits per heavy atom. The Labute approximate surface area is 108 Å². The predicted molar refractivity (Wildman–Crippen MR) is 70.3 cm³/mol. The molecule has 0 atom stereocenters. The third-order valence-corrected chi connectivity index (χ3v) is 2.50. The average Bonchev–Trinajstić information content (AvgIpc) is 2.34. The molecule has 0 aliphatic heterocycles. The summed E-state index contributed by atoms with van der Waals surface area (Å²) in [6, 6.07) is 8.20. The molecule has 0 bridgehead atoms. The highest BCUT2D eigenvalue weighted by Gasteiger charge is 2.12. The molecule has 0 saturated heterocycles. The normalized spacial score (nSPS) is 10.1. The van der Waals surface area contributed by atoms with Crippen molar-refractivity contribution in [2.45, 2.75) is 0 Å². The number of carbonyl (C=O) groups is 1. The molecule has 0 unspecified atom stereocenters. The second-order valence-electron chi connectivity index (χ2n) is 3.60. The molecule has 1 aromatic carbocycles. The van der Waals surface area contributed by atoms with E-state index in [0.717, 1.165) is 0 Å². The zero-order valence-corrected chi connectivity index (χ0v) is 9.98. The Morgan fingerprint density at radius 2 is 2.00 bits per heavy atom. The molecule has 18 heavy (non-hydrogen) atoms. The molecule has 0 fully saturated rings. The number of benzene rings is 1. The maximum atomic E-state index is 11.1. The summed E-state index contributed by atoms with van der Waals surface area (Å²) in [6.45, 7) is 0. The summed E-state index contributed by atoms with van der Waals surface area (Å²) in [4.78, 5) is 15.0. The molecule has 0 amide bonds. The second kappa shape index (κ2) is 4.93. The maximum absolute atomic E-state index is 11.1. The number of hydrogen-bond donors (Lipinski definition) is 3. The number of carboxylic acids is 1. The van der Waals surface area contributed by atoms with Crippen LogP contribution in [0.5, 0.6) is 0 Å². The first kappa shape index (κ1) is 12.2. The quantitative estimate of drug-likeness (QED) is 0.792. The molecule has 5 nitrogen and oxygen atoms in total. The highest BCUT2D eigenvalue weighted by molar-refractivity contribution is 6.30. The zero-order valence-electron chi connectivity index (χ0n) is 9.22. The van der Waals surface area contributed by atoms with Crippen LogP contribution in [0.3, 0.4) is 0 Å². The Morgan fingerprint density at radius 3 is 2.61 bits per heavy atom. The van der Waals surface area contributed by atoms with Gasteiger partial charge < -0.3 is 16.2 Å². The van der Waals surface area contributed by atoms with Crippen molar-refractivity contribution in [1.82, 2.24) is 4.98 Å². The number of aromatic carboxylic acids is 1. The van der Waals surface area contributed by atoms with Gasteiger partial charge in [0.2, 0.25) is 0 Å². The van der Waals surface area contributed by atoms with Crippen LogP contribution in [0.2, 0.25) is 5.02 Å². The van der Waals surface area contributed by atoms with E-state index < -0.39 is 5.97 Å². The molecule has 6 heteroatoms. The minimum absolute atomic E-state index is 0.0185. The van der Waals surface area contributed by atoms with E-state index >= 15 is 0 Å². The third kappa shape index (κ3) is 2.70. The molecule has 2 aromatic rings. The van der Waals surface area contributed by atoms with Crippen LogP contribution < -0.4 is 11.1 Å². The van der Waals surface area contributed by atoms with Gasteiger partial charge >= 0.3 is 5.97 Å². The largest absolute Gasteiger partial charge is 0.478 e. The van der Waals surface area contributed by atoms with Crippen molar-refractivity contribution in [3.05, 3.63) is 47.1 Å². The van der Waals surface area contributed by atoms with Gasteiger partial charge in [-0.1, -0.05) is 11.6 Å². The molecule has 0 aliphatic rings. The minimum atomic E-state index is -1.09. The average molecular weight is 264 g/mol. The van der Waals surface area contributed by atoms with Crippen LogP contribution in [-0.4, -0.2) is 16.1 Å². The van der Waals surface area contributed by atoms with E-state index in [1.54, 1.807) is 24.3 Å². The number of hydrogen-bond acceptors (Lipinski definition) is 4.